The van der Waals surface area contributed by atoms with E-state index < -0.39 is 5.97 Å². The Hall–Kier alpha value is -3.12. The fraction of sp³-hybridized carbons (Fsp3) is 0.308. The van der Waals surface area contributed by atoms with Gasteiger partial charge in [-0.15, -0.1) is 11.3 Å². The number of hydrogen-bond donors (Lipinski definition) is 1. The first-order chi connectivity index (χ1) is 15.5. The molecule has 0 fully saturated rings. The number of thiophene rings is 1. The van der Waals surface area contributed by atoms with E-state index in [0.717, 1.165) is 35.1 Å². The minimum atomic E-state index is -0.468. The van der Waals surface area contributed by atoms with Gasteiger partial charge in [0.2, 0.25) is 0 Å². The Bertz CT molecular complexity index is 1160. The van der Waals surface area contributed by atoms with Crippen molar-refractivity contribution in [1.82, 2.24) is 0 Å². The number of rotatable bonds is 6. The number of esters is 1. The summed E-state index contributed by atoms with van der Waals surface area (Å²) in [6, 6.07) is 12.1. The van der Waals surface area contributed by atoms with Gasteiger partial charge in [-0.2, -0.15) is 0 Å². The number of benzene rings is 2. The van der Waals surface area contributed by atoms with Crippen molar-refractivity contribution in [2.24, 2.45) is 0 Å². The molecule has 1 aliphatic rings. The van der Waals surface area contributed by atoms with Crippen LogP contribution in [0.5, 0.6) is 5.75 Å². The maximum Gasteiger partial charge on any atom is 0.341 e. The molecule has 32 heavy (non-hydrogen) atoms. The van der Waals surface area contributed by atoms with E-state index in [1.165, 1.54) is 42.4 Å². The van der Waals surface area contributed by atoms with Gasteiger partial charge in [-0.3, -0.25) is 4.79 Å². The number of amides is 1. The molecule has 1 aliphatic carbocycles. The highest BCUT2D eigenvalue weighted by molar-refractivity contribution is 7.15. The molecule has 0 unspecified atom stereocenters. The normalized spacial score (nSPS) is 12.7. The molecule has 0 bridgehead atoms. The third-order valence-electron chi connectivity index (χ3n) is 6.01. The lowest BCUT2D eigenvalue weighted by Gasteiger charge is -2.17. The van der Waals surface area contributed by atoms with Gasteiger partial charge in [-0.05, 0) is 73.4 Å². The average molecular weight is 450 g/mol. The SMILES string of the molecule is COC(=O)c1c(-c2ccc3c(c2)CCCC3)csc1NC(=O)COc1cccc(C)c1C. The Labute approximate surface area is 192 Å². The third kappa shape index (κ3) is 4.55. The number of anilines is 1. The van der Waals surface area contributed by atoms with E-state index in [2.05, 4.69) is 17.4 Å². The molecular formula is C26H27NO4S. The first-order valence-electron chi connectivity index (χ1n) is 10.8. The predicted molar refractivity (Wildman–Crippen MR) is 128 cm³/mol. The Morgan fingerprint density at radius 3 is 2.62 bits per heavy atom. The standard InChI is InChI=1S/C26H27NO4S/c1-16-7-6-10-22(17(16)2)31-14-23(28)27-25-24(26(29)30-3)21(15-32-25)20-12-11-18-8-4-5-9-19(18)13-20/h6-7,10-13,15H,4-5,8-9,14H2,1-3H3,(H,27,28). The summed E-state index contributed by atoms with van der Waals surface area (Å²) in [6.45, 7) is 3.82. The number of carbonyl (C=O) groups excluding carboxylic acids is 2. The van der Waals surface area contributed by atoms with Crippen molar-refractivity contribution in [3.8, 4) is 16.9 Å². The van der Waals surface area contributed by atoms with Crippen LogP contribution in [0, 0.1) is 13.8 Å². The maximum atomic E-state index is 12.6. The van der Waals surface area contributed by atoms with Crippen LogP contribution in [0.3, 0.4) is 0 Å². The molecule has 4 rings (SSSR count). The minimum Gasteiger partial charge on any atom is -0.483 e. The average Bonchev–Trinajstić information content (AvgIpc) is 3.22. The van der Waals surface area contributed by atoms with Crippen molar-refractivity contribution in [2.45, 2.75) is 39.5 Å². The highest BCUT2D eigenvalue weighted by atomic mass is 32.1. The van der Waals surface area contributed by atoms with Crippen LogP contribution in [0.2, 0.25) is 0 Å². The van der Waals surface area contributed by atoms with Gasteiger partial charge in [0.1, 0.15) is 16.3 Å². The summed E-state index contributed by atoms with van der Waals surface area (Å²) in [5, 5.41) is 5.21. The number of ether oxygens (including phenoxy) is 2. The lowest BCUT2D eigenvalue weighted by molar-refractivity contribution is -0.118. The van der Waals surface area contributed by atoms with Gasteiger partial charge in [-0.1, -0.05) is 30.3 Å². The number of fused-ring (bicyclic) bond motifs is 1. The van der Waals surface area contributed by atoms with Gasteiger partial charge in [0, 0.05) is 10.9 Å². The molecule has 0 aliphatic heterocycles. The van der Waals surface area contributed by atoms with Crippen molar-refractivity contribution in [1.29, 1.82) is 0 Å². The molecule has 1 heterocycles. The molecule has 0 saturated carbocycles. The molecular weight excluding hydrogens is 422 g/mol. The van der Waals surface area contributed by atoms with E-state index in [-0.39, 0.29) is 12.5 Å². The molecule has 0 radical (unpaired) electrons. The van der Waals surface area contributed by atoms with Crippen LogP contribution in [0.4, 0.5) is 5.00 Å². The Balaban J connectivity index is 1.55. The lowest BCUT2D eigenvalue weighted by Crippen LogP contribution is -2.21. The Kier molecular flexibility index (Phi) is 6.61. The van der Waals surface area contributed by atoms with Gasteiger partial charge < -0.3 is 14.8 Å². The number of aryl methyl sites for hydroxylation is 3. The maximum absolute atomic E-state index is 12.6. The monoisotopic (exact) mass is 449 g/mol. The molecule has 0 saturated heterocycles. The van der Waals surface area contributed by atoms with Crippen LogP contribution >= 0.6 is 11.3 Å². The van der Waals surface area contributed by atoms with Crippen LogP contribution in [-0.2, 0) is 22.4 Å². The van der Waals surface area contributed by atoms with E-state index >= 15 is 0 Å². The number of nitrogens with one attached hydrogen (secondary N) is 1. The van der Waals surface area contributed by atoms with Crippen molar-refractivity contribution in [3.05, 3.63) is 69.6 Å². The van der Waals surface area contributed by atoms with Gasteiger partial charge in [-0.25, -0.2) is 4.79 Å². The third-order valence-corrected chi connectivity index (χ3v) is 6.90. The molecule has 1 N–H and O–H groups in total. The van der Waals surface area contributed by atoms with Crippen molar-refractivity contribution in [3.63, 3.8) is 0 Å². The number of carbonyl (C=O) groups is 2. The van der Waals surface area contributed by atoms with Crippen molar-refractivity contribution < 1.29 is 19.1 Å². The highest BCUT2D eigenvalue weighted by Gasteiger charge is 2.23. The zero-order valence-electron chi connectivity index (χ0n) is 18.6. The van der Waals surface area contributed by atoms with Crippen molar-refractivity contribution >= 4 is 28.2 Å². The van der Waals surface area contributed by atoms with E-state index in [1.807, 2.05) is 43.5 Å². The molecule has 1 amide bonds. The van der Waals surface area contributed by atoms with E-state index in [1.54, 1.807) is 0 Å². The van der Waals surface area contributed by atoms with E-state index in [9.17, 15) is 9.59 Å². The van der Waals surface area contributed by atoms with E-state index in [0.29, 0.717) is 16.3 Å². The fourth-order valence-electron chi connectivity index (χ4n) is 4.05. The predicted octanol–water partition coefficient (Wildman–Crippen LogP) is 5.71. The summed E-state index contributed by atoms with van der Waals surface area (Å²) in [7, 11) is 1.35. The zero-order chi connectivity index (χ0) is 22.7. The van der Waals surface area contributed by atoms with Gasteiger partial charge in [0.25, 0.3) is 5.91 Å². The van der Waals surface area contributed by atoms with Gasteiger partial charge >= 0.3 is 5.97 Å². The highest BCUT2D eigenvalue weighted by Crippen LogP contribution is 2.37. The topological polar surface area (TPSA) is 64.6 Å². The summed E-state index contributed by atoms with van der Waals surface area (Å²) < 4.78 is 10.7. The molecule has 5 nitrogen and oxygen atoms in total. The minimum absolute atomic E-state index is 0.142. The summed E-state index contributed by atoms with van der Waals surface area (Å²) in [4.78, 5) is 25.2. The van der Waals surface area contributed by atoms with Crippen LogP contribution in [0.15, 0.2) is 41.8 Å². The molecule has 0 spiro atoms. The fourth-order valence-corrected chi connectivity index (χ4v) is 5.03. The molecule has 3 aromatic rings. The number of hydrogen-bond acceptors (Lipinski definition) is 5. The summed E-state index contributed by atoms with van der Waals surface area (Å²) in [6.07, 6.45) is 4.56. The Morgan fingerprint density at radius 1 is 1.06 bits per heavy atom. The van der Waals surface area contributed by atoms with Crippen LogP contribution in [0.1, 0.15) is 45.5 Å². The zero-order valence-corrected chi connectivity index (χ0v) is 19.4. The van der Waals surface area contributed by atoms with Crippen LogP contribution < -0.4 is 10.1 Å². The summed E-state index contributed by atoms with van der Waals surface area (Å²) in [5.74, 6) is -0.117. The first kappa shape index (κ1) is 22.1. The molecule has 0 atom stereocenters. The molecule has 166 valence electrons. The summed E-state index contributed by atoms with van der Waals surface area (Å²) in [5.41, 5.74) is 6.95. The molecule has 1 aromatic heterocycles. The number of methoxy groups -OCH3 is 1. The van der Waals surface area contributed by atoms with Gasteiger partial charge in [0.15, 0.2) is 6.61 Å². The second-order valence-electron chi connectivity index (χ2n) is 8.07. The van der Waals surface area contributed by atoms with Crippen LogP contribution in [0.25, 0.3) is 11.1 Å². The van der Waals surface area contributed by atoms with E-state index in [4.69, 9.17) is 9.47 Å². The summed E-state index contributed by atoms with van der Waals surface area (Å²) >= 11 is 1.32. The van der Waals surface area contributed by atoms with Crippen LogP contribution in [-0.4, -0.2) is 25.6 Å². The lowest BCUT2D eigenvalue weighted by atomic mass is 9.89. The second-order valence-corrected chi connectivity index (χ2v) is 8.95. The first-order valence-corrected chi connectivity index (χ1v) is 11.7. The van der Waals surface area contributed by atoms with Gasteiger partial charge in [0.05, 0.1) is 7.11 Å². The Morgan fingerprint density at radius 2 is 1.84 bits per heavy atom. The van der Waals surface area contributed by atoms with Crippen molar-refractivity contribution in [2.75, 3.05) is 19.0 Å². The molecule has 6 heteroatoms. The smallest absolute Gasteiger partial charge is 0.341 e. The largest absolute Gasteiger partial charge is 0.483 e. The quantitative estimate of drug-likeness (QED) is 0.489. The molecule has 2 aromatic carbocycles. The second kappa shape index (κ2) is 9.57.